The van der Waals surface area contributed by atoms with Crippen molar-refractivity contribution in [1.82, 2.24) is 9.80 Å². The van der Waals surface area contributed by atoms with Gasteiger partial charge in [-0.2, -0.15) is 0 Å². The number of benzene rings is 1. The van der Waals surface area contributed by atoms with Crippen LogP contribution in [0, 0.1) is 5.82 Å². The lowest BCUT2D eigenvalue weighted by atomic mass is 10.0. The van der Waals surface area contributed by atoms with E-state index in [2.05, 4.69) is 0 Å². The molecular formula is C16H18ClFN2O3S. The van der Waals surface area contributed by atoms with Crippen molar-refractivity contribution in [2.24, 2.45) is 0 Å². The number of carbonyl (C=O) groups is 2. The topological polar surface area (TPSA) is 49.9 Å². The Labute approximate surface area is 149 Å². The van der Waals surface area contributed by atoms with Crippen LogP contribution in [0.3, 0.4) is 0 Å². The number of nitrogens with zero attached hydrogens (tertiary/aromatic N) is 2. The third-order valence-electron chi connectivity index (χ3n) is 4.30. The number of halogens is 2. The Morgan fingerprint density at radius 1 is 1.33 bits per heavy atom. The van der Waals surface area contributed by atoms with Gasteiger partial charge in [0, 0.05) is 24.0 Å². The number of ether oxygens (including phenoxy) is 1. The summed E-state index contributed by atoms with van der Waals surface area (Å²) in [5, 5.41) is 0.319. The van der Waals surface area contributed by atoms with Crippen LogP contribution in [0.1, 0.15) is 12.8 Å². The summed E-state index contributed by atoms with van der Waals surface area (Å²) < 4.78 is 18.0. The smallest absolute Gasteiger partial charge is 0.410 e. The molecule has 2 fully saturated rings. The molecule has 2 heterocycles. The van der Waals surface area contributed by atoms with Crippen molar-refractivity contribution in [2.75, 3.05) is 32.0 Å². The molecule has 8 heteroatoms. The molecule has 0 spiro atoms. The van der Waals surface area contributed by atoms with Gasteiger partial charge in [0.1, 0.15) is 12.4 Å². The van der Waals surface area contributed by atoms with Crippen LogP contribution >= 0.6 is 23.4 Å². The third-order valence-corrected chi connectivity index (χ3v) is 5.78. The highest BCUT2D eigenvalue weighted by atomic mass is 35.5. The zero-order valence-electron chi connectivity index (χ0n) is 13.0. The summed E-state index contributed by atoms with van der Waals surface area (Å²) in [4.78, 5) is 28.2. The van der Waals surface area contributed by atoms with Gasteiger partial charge in [0.25, 0.3) is 0 Å². The Morgan fingerprint density at radius 3 is 2.71 bits per heavy atom. The lowest BCUT2D eigenvalue weighted by Crippen LogP contribution is -2.47. The van der Waals surface area contributed by atoms with E-state index >= 15 is 0 Å². The highest BCUT2D eigenvalue weighted by Gasteiger charge is 2.33. The minimum Gasteiger partial charge on any atom is -0.448 e. The van der Waals surface area contributed by atoms with Crippen LogP contribution in [0.5, 0.6) is 0 Å². The van der Waals surface area contributed by atoms with Gasteiger partial charge in [-0.15, -0.1) is 11.8 Å². The molecule has 0 unspecified atom stereocenters. The Kier molecular flexibility index (Phi) is 5.50. The van der Waals surface area contributed by atoms with Gasteiger partial charge in [0.05, 0.1) is 17.3 Å². The van der Waals surface area contributed by atoms with E-state index in [1.807, 2.05) is 4.90 Å². The van der Waals surface area contributed by atoms with Gasteiger partial charge in [-0.3, -0.25) is 4.79 Å². The lowest BCUT2D eigenvalue weighted by molar-refractivity contribution is -0.129. The number of hydrogen-bond donors (Lipinski definition) is 0. The maximum atomic E-state index is 13.0. The van der Waals surface area contributed by atoms with Crippen LogP contribution in [0.4, 0.5) is 9.18 Å². The van der Waals surface area contributed by atoms with Crippen LogP contribution in [-0.4, -0.2) is 59.8 Å². The van der Waals surface area contributed by atoms with Crippen molar-refractivity contribution in [1.29, 1.82) is 0 Å². The van der Waals surface area contributed by atoms with Crippen molar-refractivity contribution < 1.29 is 18.7 Å². The van der Waals surface area contributed by atoms with Crippen molar-refractivity contribution in [3.8, 4) is 0 Å². The second-order valence-electron chi connectivity index (χ2n) is 5.78. The lowest BCUT2D eigenvalue weighted by Gasteiger charge is -2.35. The van der Waals surface area contributed by atoms with E-state index in [1.165, 1.54) is 23.9 Å². The minimum absolute atomic E-state index is 0.0304. The molecule has 2 aliphatic heterocycles. The maximum absolute atomic E-state index is 13.0. The molecule has 3 rings (SSSR count). The van der Waals surface area contributed by atoms with Gasteiger partial charge in [-0.05, 0) is 31.0 Å². The molecule has 24 heavy (non-hydrogen) atoms. The average molecular weight is 373 g/mol. The zero-order valence-corrected chi connectivity index (χ0v) is 14.6. The van der Waals surface area contributed by atoms with Crippen molar-refractivity contribution >= 4 is 35.4 Å². The second-order valence-corrected chi connectivity index (χ2v) is 7.21. The van der Waals surface area contributed by atoms with E-state index in [-0.39, 0.29) is 23.8 Å². The van der Waals surface area contributed by atoms with E-state index in [1.54, 1.807) is 11.0 Å². The predicted octanol–water partition coefficient (Wildman–Crippen LogP) is 3.01. The van der Waals surface area contributed by atoms with Crippen LogP contribution in [0.2, 0.25) is 5.02 Å². The van der Waals surface area contributed by atoms with E-state index in [9.17, 15) is 14.0 Å². The summed E-state index contributed by atoms with van der Waals surface area (Å²) in [6.07, 6.45) is 1.28. The fourth-order valence-corrected chi connectivity index (χ4v) is 4.14. The highest BCUT2D eigenvalue weighted by molar-refractivity contribution is 8.00. The number of hydrogen-bond acceptors (Lipinski definition) is 4. The van der Waals surface area contributed by atoms with Gasteiger partial charge in [-0.1, -0.05) is 11.6 Å². The summed E-state index contributed by atoms with van der Waals surface area (Å²) in [5.41, 5.74) is 0. The first-order valence-electron chi connectivity index (χ1n) is 7.83. The average Bonchev–Trinajstić information content (AvgIpc) is 3.00. The highest BCUT2D eigenvalue weighted by Crippen LogP contribution is 2.28. The van der Waals surface area contributed by atoms with Crippen molar-refractivity contribution in [3.63, 3.8) is 0 Å². The predicted molar refractivity (Wildman–Crippen MR) is 89.8 cm³/mol. The summed E-state index contributed by atoms with van der Waals surface area (Å²) >= 11 is 7.28. The molecule has 0 saturated carbocycles. The van der Waals surface area contributed by atoms with Crippen molar-refractivity contribution in [2.45, 2.75) is 23.8 Å². The van der Waals surface area contributed by atoms with Gasteiger partial charge < -0.3 is 14.5 Å². The molecule has 0 bridgehead atoms. The molecule has 1 aromatic carbocycles. The number of cyclic esters (lactones) is 1. The largest absolute Gasteiger partial charge is 0.448 e. The molecule has 0 N–H and O–H groups in total. The number of rotatable bonds is 4. The quantitative estimate of drug-likeness (QED) is 0.762. The molecule has 2 saturated heterocycles. The number of amides is 2. The van der Waals surface area contributed by atoms with Gasteiger partial charge in [-0.25, -0.2) is 9.18 Å². The summed E-state index contributed by atoms with van der Waals surface area (Å²) in [6.45, 7) is 2.35. The zero-order chi connectivity index (χ0) is 17.1. The van der Waals surface area contributed by atoms with Crippen LogP contribution in [0.15, 0.2) is 23.1 Å². The minimum atomic E-state index is -0.391. The summed E-state index contributed by atoms with van der Waals surface area (Å²) in [7, 11) is 0. The molecule has 0 radical (unpaired) electrons. The first-order chi connectivity index (χ1) is 11.5. The number of carbonyl (C=O) groups excluding carboxylic acids is 2. The Bertz CT molecular complexity index is 638. The number of likely N-dealkylation sites (tertiary alicyclic amines) is 1. The fraction of sp³-hybridized carbons (Fsp3) is 0.500. The van der Waals surface area contributed by atoms with Crippen LogP contribution in [-0.2, 0) is 9.53 Å². The standard InChI is InChI=1S/C16H18ClFN2O3S/c17-13-9-11(18)1-2-14(13)24-10-15(21)19-5-3-12(4-6-19)20-7-8-23-16(20)22/h1-2,9,12H,3-8,10H2. The molecule has 0 aromatic heterocycles. The number of piperidine rings is 1. The van der Waals surface area contributed by atoms with E-state index < -0.39 is 5.82 Å². The SMILES string of the molecule is O=C(CSc1ccc(F)cc1Cl)N1CCC(N2CCOC2=O)CC1. The summed E-state index contributed by atoms with van der Waals surface area (Å²) in [5.74, 6) is -0.0945. The fourth-order valence-electron chi connectivity index (χ4n) is 2.99. The number of thioether (sulfide) groups is 1. The van der Waals surface area contributed by atoms with Crippen molar-refractivity contribution in [3.05, 3.63) is 29.0 Å². The third kappa shape index (κ3) is 3.95. The van der Waals surface area contributed by atoms with E-state index in [4.69, 9.17) is 16.3 Å². The monoisotopic (exact) mass is 372 g/mol. The van der Waals surface area contributed by atoms with Gasteiger partial charge >= 0.3 is 6.09 Å². The molecule has 0 atom stereocenters. The first kappa shape index (κ1) is 17.4. The Balaban J connectivity index is 1.47. The molecular weight excluding hydrogens is 355 g/mol. The maximum Gasteiger partial charge on any atom is 0.410 e. The molecule has 1 aromatic rings. The van der Waals surface area contributed by atoms with E-state index in [0.717, 1.165) is 12.8 Å². The molecule has 2 amide bonds. The molecule has 2 aliphatic rings. The molecule has 130 valence electrons. The molecule has 5 nitrogen and oxygen atoms in total. The normalized spacial score (nSPS) is 18.8. The first-order valence-corrected chi connectivity index (χ1v) is 9.20. The van der Waals surface area contributed by atoms with Gasteiger partial charge in [0.15, 0.2) is 0 Å². The van der Waals surface area contributed by atoms with Crippen LogP contribution < -0.4 is 0 Å². The van der Waals surface area contributed by atoms with E-state index in [0.29, 0.717) is 36.2 Å². The second kappa shape index (κ2) is 7.61. The van der Waals surface area contributed by atoms with Gasteiger partial charge in [0.2, 0.25) is 5.91 Å². The molecule has 0 aliphatic carbocycles. The Hall–Kier alpha value is -1.47. The Morgan fingerprint density at radius 2 is 2.08 bits per heavy atom. The summed E-state index contributed by atoms with van der Waals surface area (Å²) in [6, 6.07) is 4.32. The van der Waals surface area contributed by atoms with Crippen LogP contribution in [0.25, 0.3) is 0 Å².